The molecule has 0 saturated carbocycles. The van der Waals surface area contributed by atoms with Gasteiger partial charge in [0, 0.05) is 30.4 Å². The number of benzene rings is 1. The molecule has 0 aliphatic heterocycles. The normalized spacial score (nSPS) is 11.0. The Bertz CT molecular complexity index is 973. The molecule has 3 rings (SSSR count). The summed E-state index contributed by atoms with van der Waals surface area (Å²) in [4.78, 5) is 24.7. The van der Waals surface area contributed by atoms with Crippen molar-refractivity contribution in [1.82, 2.24) is 9.88 Å². The van der Waals surface area contributed by atoms with Gasteiger partial charge in [0.25, 0.3) is 0 Å². The van der Waals surface area contributed by atoms with Crippen LogP contribution in [-0.2, 0) is 31.4 Å². The van der Waals surface area contributed by atoms with E-state index in [0.29, 0.717) is 34.0 Å². The van der Waals surface area contributed by atoms with Crippen LogP contribution < -0.4 is 10.7 Å². The topological polar surface area (TPSA) is 84.5 Å². The molecule has 0 fully saturated rings. The number of amides is 1. The summed E-state index contributed by atoms with van der Waals surface area (Å²) in [5.41, 5.74) is 1.40. The first-order valence-corrected chi connectivity index (χ1v) is 8.08. The minimum atomic E-state index is -0.287. The second kappa shape index (κ2) is 7.13. The number of rotatable bonds is 5. The molecule has 1 aromatic carbocycles. The Balaban J connectivity index is 1.75. The van der Waals surface area contributed by atoms with Crippen LogP contribution in [0.4, 0.5) is 0 Å². The van der Waals surface area contributed by atoms with Gasteiger partial charge in [-0.25, -0.2) is 0 Å². The van der Waals surface area contributed by atoms with Crippen LogP contribution in [0.3, 0.4) is 0 Å². The first-order chi connectivity index (χ1) is 12.0. The second-order valence-corrected chi connectivity index (χ2v) is 6.20. The number of aryl methyl sites for hydroxylation is 1. The molecule has 6 nitrogen and oxygen atoms in total. The van der Waals surface area contributed by atoms with E-state index in [2.05, 4.69) is 5.32 Å². The highest BCUT2D eigenvalue weighted by Gasteiger charge is 2.15. The van der Waals surface area contributed by atoms with Gasteiger partial charge in [-0.1, -0.05) is 23.7 Å². The lowest BCUT2D eigenvalue weighted by Crippen LogP contribution is -2.27. The monoisotopic (exact) mass is 360 g/mol. The molecule has 0 unspecified atom stereocenters. The summed E-state index contributed by atoms with van der Waals surface area (Å²) < 4.78 is 7.04. The Morgan fingerprint density at radius 1 is 1.32 bits per heavy atom. The molecule has 0 aliphatic carbocycles. The van der Waals surface area contributed by atoms with Gasteiger partial charge in [0.1, 0.15) is 12.4 Å². The molecule has 0 aliphatic rings. The molecule has 0 saturated heterocycles. The zero-order valence-electron chi connectivity index (χ0n) is 13.6. The van der Waals surface area contributed by atoms with Gasteiger partial charge in [0.05, 0.1) is 11.8 Å². The van der Waals surface area contributed by atoms with E-state index in [4.69, 9.17) is 21.1 Å². The Kier molecular flexibility index (Phi) is 4.92. The predicted molar refractivity (Wildman–Crippen MR) is 94.4 cm³/mol. The van der Waals surface area contributed by atoms with Gasteiger partial charge in [-0.3, -0.25) is 9.59 Å². The number of fused-ring (bicyclic) bond motifs is 1. The lowest BCUT2D eigenvalue weighted by Gasteiger charge is -2.07. The third kappa shape index (κ3) is 3.75. The maximum Gasteiger partial charge on any atom is 0.224 e. The van der Waals surface area contributed by atoms with Gasteiger partial charge in [-0.15, -0.1) is 0 Å². The van der Waals surface area contributed by atoms with E-state index in [0.717, 1.165) is 5.56 Å². The van der Waals surface area contributed by atoms with E-state index in [1.165, 1.54) is 6.07 Å². The summed E-state index contributed by atoms with van der Waals surface area (Å²) in [7, 11) is 1.72. The van der Waals surface area contributed by atoms with Crippen LogP contribution in [0.5, 0.6) is 0 Å². The van der Waals surface area contributed by atoms with Crippen LogP contribution in [-0.4, -0.2) is 15.6 Å². The van der Waals surface area contributed by atoms with Crippen LogP contribution in [0, 0.1) is 0 Å². The molecular weight excluding hydrogens is 344 g/mol. The Morgan fingerprint density at radius 3 is 2.72 bits per heavy atom. The number of halogens is 1. The molecule has 0 spiro atoms. The zero-order chi connectivity index (χ0) is 18.0. The summed E-state index contributed by atoms with van der Waals surface area (Å²) in [6, 6.07) is 8.67. The van der Waals surface area contributed by atoms with Crippen molar-refractivity contribution in [1.29, 1.82) is 0 Å². The van der Waals surface area contributed by atoms with Crippen molar-refractivity contribution in [3.63, 3.8) is 0 Å². The molecule has 0 atom stereocenters. The van der Waals surface area contributed by atoms with E-state index in [-0.39, 0.29) is 24.4 Å². The highest BCUT2D eigenvalue weighted by molar-refractivity contribution is 6.30. The summed E-state index contributed by atoms with van der Waals surface area (Å²) in [6.07, 6.45) is 1.55. The summed E-state index contributed by atoms with van der Waals surface area (Å²) in [5, 5.41) is 12.9. The first kappa shape index (κ1) is 17.3. The Hall–Kier alpha value is -2.57. The molecular formula is C18H17ClN2O4. The number of pyridine rings is 1. The number of nitrogens with zero attached hydrogens (tertiary/aromatic N) is 1. The minimum absolute atomic E-state index is 0.0319. The summed E-state index contributed by atoms with van der Waals surface area (Å²) in [5.74, 6) is 0.0596. The van der Waals surface area contributed by atoms with E-state index in [1.807, 2.05) is 12.1 Å². The largest absolute Gasteiger partial charge is 0.442 e. The first-order valence-electron chi connectivity index (χ1n) is 7.71. The molecule has 0 radical (unpaired) electrons. The maximum atomic E-state index is 12.5. The zero-order valence-corrected chi connectivity index (χ0v) is 14.3. The second-order valence-electron chi connectivity index (χ2n) is 5.76. The van der Waals surface area contributed by atoms with Crippen LogP contribution in [0.2, 0.25) is 5.02 Å². The average molecular weight is 361 g/mol. The fourth-order valence-electron chi connectivity index (χ4n) is 2.62. The van der Waals surface area contributed by atoms with Crippen molar-refractivity contribution in [2.24, 2.45) is 7.05 Å². The number of nitrogens with one attached hydrogen (secondary N) is 1. The number of carbonyl (C=O) groups is 1. The highest BCUT2D eigenvalue weighted by Crippen LogP contribution is 2.17. The molecule has 2 N–H and O–H groups in total. The van der Waals surface area contributed by atoms with E-state index in [1.54, 1.807) is 29.9 Å². The number of hydrogen-bond acceptors (Lipinski definition) is 4. The van der Waals surface area contributed by atoms with Crippen molar-refractivity contribution in [3.05, 3.63) is 68.7 Å². The summed E-state index contributed by atoms with van der Waals surface area (Å²) in [6.45, 7) is 0.0734. The number of aliphatic hydroxyl groups is 1. The van der Waals surface area contributed by atoms with Crippen molar-refractivity contribution in [2.75, 3.05) is 0 Å². The molecule has 130 valence electrons. The molecule has 0 bridgehead atoms. The minimum Gasteiger partial charge on any atom is -0.442 e. The Morgan fingerprint density at radius 2 is 2.04 bits per heavy atom. The highest BCUT2D eigenvalue weighted by atomic mass is 35.5. The predicted octanol–water partition coefficient (Wildman–Crippen LogP) is 2.14. The quantitative estimate of drug-likeness (QED) is 0.730. The number of aliphatic hydroxyl groups excluding tert-OH is 1. The van der Waals surface area contributed by atoms with E-state index < -0.39 is 0 Å². The third-order valence-corrected chi connectivity index (χ3v) is 4.13. The van der Waals surface area contributed by atoms with Crippen LogP contribution >= 0.6 is 11.6 Å². The summed E-state index contributed by atoms with van der Waals surface area (Å²) >= 11 is 5.83. The lowest BCUT2D eigenvalue weighted by molar-refractivity contribution is -0.120. The third-order valence-electron chi connectivity index (χ3n) is 3.88. The van der Waals surface area contributed by atoms with Crippen LogP contribution in [0.15, 0.2) is 45.7 Å². The number of carbonyl (C=O) groups excluding carboxylic acids is 1. The SMILES string of the molecule is Cn1cc(CC(=O)NCc2ccc(Cl)cc2)c(=O)c2cc(CO)oc21. The van der Waals surface area contributed by atoms with Gasteiger partial charge in [-0.2, -0.15) is 0 Å². The van der Waals surface area contributed by atoms with Crippen molar-refractivity contribution >= 4 is 28.6 Å². The van der Waals surface area contributed by atoms with Crippen molar-refractivity contribution < 1.29 is 14.3 Å². The lowest BCUT2D eigenvalue weighted by atomic mass is 10.1. The van der Waals surface area contributed by atoms with Crippen molar-refractivity contribution in [2.45, 2.75) is 19.6 Å². The molecule has 2 heterocycles. The molecule has 7 heteroatoms. The smallest absolute Gasteiger partial charge is 0.224 e. The van der Waals surface area contributed by atoms with Crippen LogP contribution in [0.25, 0.3) is 11.1 Å². The van der Waals surface area contributed by atoms with E-state index in [9.17, 15) is 9.59 Å². The van der Waals surface area contributed by atoms with Gasteiger partial charge >= 0.3 is 0 Å². The van der Waals surface area contributed by atoms with Gasteiger partial charge in [0.15, 0.2) is 5.43 Å². The molecule has 3 aromatic rings. The molecule has 1 amide bonds. The van der Waals surface area contributed by atoms with Gasteiger partial charge < -0.3 is 19.4 Å². The van der Waals surface area contributed by atoms with Crippen LogP contribution in [0.1, 0.15) is 16.9 Å². The maximum absolute atomic E-state index is 12.5. The fraction of sp³-hybridized carbons (Fsp3) is 0.222. The van der Waals surface area contributed by atoms with Crippen molar-refractivity contribution in [3.8, 4) is 0 Å². The average Bonchev–Trinajstić information content (AvgIpc) is 3.04. The van der Waals surface area contributed by atoms with Gasteiger partial charge in [-0.05, 0) is 23.8 Å². The molecule has 2 aromatic heterocycles. The number of furan rings is 1. The fourth-order valence-corrected chi connectivity index (χ4v) is 2.75. The number of hydrogen-bond donors (Lipinski definition) is 2. The number of aromatic nitrogens is 1. The van der Waals surface area contributed by atoms with Gasteiger partial charge in [0.2, 0.25) is 11.6 Å². The molecule has 25 heavy (non-hydrogen) atoms. The standard InChI is InChI=1S/C18H17ClN2O4/c1-21-9-12(17(24)15-7-14(10-22)25-18(15)21)6-16(23)20-8-11-2-4-13(19)5-3-11/h2-5,7,9,22H,6,8,10H2,1H3,(H,20,23). The van der Waals surface area contributed by atoms with E-state index >= 15 is 0 Å². The Labute approximate surface area is 148 Å².